The summed E-state index contributed by atoms with van der Waals surface area (Å²) in [6, 6.07) is 53.5. The van der Waals surface area contributed by atoms with E-state index in [1.807, 2.05) is 47.7 Å². The second kappa shape index (κ2) is 11.9. The zero-order valence-corrected chi connectivity index (χ0v) is 28.6. The van der Waals surface area contributed by atoms with E-state index in [0.717, 1.165) is 27.7 Å². The van der Waals surface area contributed by atoms with Gasteiger partial charge in [0.2, 0.25) is 5.95 Å². The molecule has 0 N–H and O–H groups in total. The minimum atomic E-state index is 0.598. The smallest absolute Gasteiger partial charge is 0.238 e. The molecule has 10 aromatic rings. The highest BCUT2D eigenvalue weighted by atomic mass is 32.1. The maximum Gasteiger partial charge on any atom is 0.238 e. The lowest BCUT2D eigenvalue weighted by atomic mass is 9.97. The van der Waals surface area contributed by atoms with Crippen LogP contribution < -0.4 is 0 Å². The summed E-state index contributed by atoms with van der Waals surface area (Å²) in [5.74, 6) is 1.88. The Bertz CT molecular complexity index is 2900. The number of thiophene rings is 1. The van der Waals surface area contributed by atoms with Crippen LogP contribution in [0.5, 0.6) is 0 Å². The SMILES string of the molecule is C/C=C/c1ccc2c(c1)c1c3ccccc3c3c4cc(-c5ccccc5)ccc4sc3c1n2-c1nc(-c2ccccc2)nc(-c2ccccc2)n1. The fourth-order valence-electron chi connectivity index (χ4n) is 7.46. The third-order valence-corrected chi connectivity index (χ3v) is 10.9. The van der Waals surface area contributed by atoms with Crippen molar-refractivity contribution in [2.45, 2.75) is 6.92 Å². The molecule has 240 valence electrons. The van der Waals surface area contributed by atoms with Crippen molar-refractivity contribution in [1.82, 2.24) is 19.5 Å². The van der Waals surface area contributed by atoms with Crippen molar-refractivity contribution >= 4 is 70.2 Å². The van der Waals surface area contributed by atoms with Gasteiger partial charge in [-0.25, -0.2) is 4.98 Å². The van der Waals surface area contributed by atoms with Crippen molar-refractivity contribution in [3.05, 3.63) is 163 Å². The maximum absolute atomic E-state index is 5.26. The van der Waals surface area contributed by atoms with Crippen molar-refractivity contribution in [2.75, 3.05) is 0 Å². The predicted octanol–water partition coefficient (Wildman–Crippen LogP) is 12.5. The molecule has 0 spiro atoms. The standard InChI is InChI=1S/C46H30N4S/c1-2-14-29-23-25-38-36(27-29)40-34-21-12-13-22-35(34)41-37-28-33(30-15-6-3-7-16-30)24-26-39(37)51-43(41)42(40)50(38)46-48-44(31-17-8-4-9-18-31)47-45(49-46)32-19-10-5-11-20-32/h2-28H,1H3/b14-2+. The van der Waals surface area contributed by atoms with Gasteiger partial charge in [0.25, 0.3) is 0 Å². The van der Waals surface area contributed by atoms with E-state index in [1.54, 1.807) is 0 Å². The second-order valence-corrected chi connectivity index (χ2v) is 13.8. The highest BCUT2D eigenvalue weighted by molar-refractivity contribution is 7.27. The third kappa shape index (κ3) is 4.78. The van der Waals surface area contributed by atoms with Gasteiger partial charge >= 0.3 is 0 Å². The molecule has 4 nitrogen and oxygen atoms in total. The highest BCUT2D eigenvalue weighted by Gasteiger charge is 2.24. The molecule has 0 fully saturated rings. The first-order valence-corrected chi connectivity index (χ1v) is 18.0. The summed E-state index contributed by atoms with van der Waals surface area (Å²) in [5.41, 5.74) is 7.64. The summed E-state index contributed by atoms with van der Waals surface area (Å²) in [4.78, 5) is 15.5. The van der Waals surface area contributed by atoms with Crippen LogP contribution in [0.25, 0.3) is 98.7 Å². The third-order valence-electron chi connectivity index (χ3n) is 9.71. The van der Waals surface area contributed by atoms with Crippen molar-refractivity contribution in [3.63, 3.8) is 0 Å². The van der Waals surface area contributed by atoms with E-state index in [1.165, 1.54) is 52.8 Å². The summed E-state index contributed by atoms with van der Waals surface area (Å²) in [6.07, 6.45) is 4.26. The molecule has 51 heavy (non-hydrogen) atoms. The molecular formula is C46H30N4S. The lowest BCUT2D eigenvalue weighted by molar-refractivity contribution is 0.955. The van der Waals surface area contributed by atoms with Crippen molar-refractivity contribution in [2.24, 2.45) is 0 Å². The molecule has 0 aliphatic heterocycles. The Morgan fingerprint density at radius 1 is 0.510 bits per heavy atom. The monoisotopic (exact) mass is 670 g/mol. The highest BCUT2D eigenvalue weighted by Crippen LogP contribution is 2.48. The quantitative estimate of drug-likeness (QED) is 0.183. The molecule has 0 saturated heterocycles. The molecule has 3 aromatic heterocycles. The summed E-state index contributed by atoms with van der Waals surface area (Å²) >= 11 is 1.84. The molecular weight excluding hydrogens is 641 g/mol. The molecule has 0 aliphatic rings. The molecule has 10 rings (SSSR count). The predicted molar refractivity (Wildman–Crippen MR) is 216 cm³/mol. The van der Waals surface area contributed by atoms with E-state index >= 15 is 0 Å². The van der Waals surface area contributed by atoms with E-state index < -0.39 is 0 Å². The van der Waals surface area contributed by atoms with Gasteiger partial charge in [0.1, 0.15) is 0 Å². The zero-order chi connectivity index (χ0) is 33.9. The van der Waals surface area contributed by atoms with Crippen LogP contribution in [-0.4, -0.2) is 19.5 Å². The normalized spacial score (nSPS) is 11.9. The fraction of sp³-hybridized carbons (Fsp3) is 0.0217. The number of allylic oxidation sites excluding steroid dienone is 1. The molecule has 0 unspecified atom stereocenters. The maximum atomic E-state index is 5.26. The lowest BCUT2D eigenvalue weighted by Crippen LogP contribution is -2.06. The Morgan fingerprint density at radius 3 is 1.76 bits per heavy atom. The van der Waals surface area contributed by atoms with Crippen molar-refractivity contribution in [1.29, 1.82) is 0 Å². The largest absolute Gasteiger partial charge is 0.276 e. The summed E-state index contributed by atoms with van der Waals surface area (Å²) in [7, 11) is 0. The minimum Gasteiger partial charge on any atom is -0.276 e. The van der Waals surface area contributed by atoms with Crippen LogP contribution in [0.1, 0.15) is 12.5 Å². The van der Waals surface area contributed by atoms with Crippen molar-refractivity contribution in [3.8, 4) is 39.9 Å². The van der Waals surface area contributed by atoms with E-state index in [-0.39, 0.29) is 0 Å². The van der Waals surface area contributed by atoms with Gasteiger partial charge in [0, 0.05) is 37.4 Å². The molecule has 7 aromatic carbocycles. The molecule has 0 atom stereocenters. The van der Waals surface area contributed by atoms with Crippen LogP contribution in [0, 0.1) is 0 Å². The van der Waals surface area contributed by atoms with E-state index in [9.17, 15) is 0 Å². The second-order valence-electron chi connectivity index (χ2n) is 12.8. The van der Waals surface area contributed by atoms with E-state index in [4.69, 9.17) is 15.0 Å². The number of benzene rings is 7. The van der Waals surface area contributed by atoms with Gasteiger partial charge in [-0.1, -0.05) is 140 Å². The van der Waals surface area contributed by atoms with Crippen LogP contribution in [0.4, 0.5) is 0 Å². The molecule has 5 heteroatoms. The number of hydrogen-bond donors (Lipinski definition) is 0. The number of fused-ring (bicyclic) bond motifs is 10. The molecule has 0 saturated carbocycles. The van der Waals surface area contributed by atoms with Gasteiger partial charge in [-0.05, 0) is 58.7 Å². The molecule has 0 amide bonds. The topological polar surface area (TPSA) is 43.6 Å². The number of hydrogen-bond acceptors (Lipinski definition) is 4. The van der Waals surface area contributed by atoms with Gasteiger partial charge in [0.05, 0.1) is 15.7 Å². The van der Waals surface area contributed by atoms with E-state index in [0.29, 0.717) is 17.6 Å². The molecule has 0 bridgehead atoms. The molecule has 0 radical (unpaired) electrons. The average molecular weight is 671 g/mol. The Labute approximate surface area is 298 Å². The van der Waals surface area contributed by atoms with Crippen molar-refractivity contribution < 1.29 is 0 Å². The van der Waals surface area contributed by atoms with Crippen LogP contribution >= 0.6 is 11.3 Å². The Kier molecular flexibility index (Phi) is 6.86. The zero-order valence-electron chi connectivity index (χ0n) is 27.8. The van der Waals surface area contributed by atoms with Gasteiger partial charge in [-0.2, -0.15) is 9.97 Å². The lowest BCUT2D eigenvalue weighted by Gasteiger charge is -2.12. The first-order chi connectivity index (χ1) is 25.2. The number of rotatable bonds is 5. The van der Waals surface area contributed by atoms with Gasteiger partial charge in [0.15, 0.2) is 11.6 Å². The average Bonchev–Trinajstić information content (AvgIpc) is 3.75. The Morgan fingerprint density at radius 2 is 1.12 bits per heavy atom. The van der Waals surface area contributed by atoms with Crippen LogP contribution in [0.15, 0.2) is 158 Å². The van der Waals surface area contributed by atoms with E-state index in [2.05, 4.69) is 139 Å². The van der Waals surface area contributed by atoms with Crippen LogP contribution in [-0.2, 0) is 0 Å². The van der Waals surface area contributed by atoms with Crippen LogP contribution in [0.3, 0.4) is 0 Å². The first kappa shape index (κ1) is 29.5. The van der Waals surface area contributed by atoms with Gasteiger partial charge < -0.3 is 0 Å². The van der Waals surface area contributed by atoms with Gasteiger partial charge in [-0.15, -0.1) is 11.3 Å². The first-order valence-electron chi connectivity index (χ1n) is 17.2. The number of nitrogens with zero attached hydrogens (tertiary/aromatic N) is 4. The Balaban J connectivity index is 1.39. The Hall–Kier alpha value is -6.43. The number of aromatic nitrogens is 4. The van der Waals surface area contributed by atoms with Crippen LogP contribution in [0.2, 0.25) is 0 Å². The summed E-state index contributed by atoms with van der Waals surface area (Å²) in [5, 5.41) is 7.35. The van der Waals surface area contributed by atoms with Gasteiger partial charge in [-0.3, -0.25) is 4.57 Å². The summed E-state index contributed by atoms with van der Waals surface area (Å²) in [6.45, 7) is 2.06. The molecule has 3 heterocycles. The summed E-state index contributed by atoms with van der Waals surface area (Å²) < 4.78 is 4.75. The molecule has 0 aliphatic carbocycles. The fourth-order valence-corrected chi connectivity index (χ4v) is 8.70. The minimum absolute atomic E-state index is 0.598.